The van der Waals surface area contributed by atoms with Gasteiger partial charge in [-0.3, -0.25) is 4.79 Å². The number of ketones is 1. The average molecular weight is 187 g/mol. The number of carbonyl (C=O) groups is 2. The zero-order valence-electron chi connectivity index (χ0n) is 8.17. The highest BCUT2D eigenvalue weighted by Gasteiger charge is 2.09. The maximum atomic E-state index is 10.7. The first-order valence-corrected chi connectivity index (χ1v) is 4.44. The van der Waals surface area contributed by atoms with Gasteiger partial charge in [0.25, 0.3) is 0 Å². The van der Waals surface area contributed by atoms with Crippen LogP contribution in [0.15, 0.2) is 0 Å². The molecule has 0 aliphatic carbocycles. The quantitative estimate of drug-likeness (QED) is 0.619. The zero-order chi connectivity index (χ0) is 10.3. The molecule has 0 saturated carbocycles. The number of carboxylic acid groups (broad SMARTS) is 1. The predicted octanol–water partition coefficient (Wildman–Crippen LogP) is 0.808. The van der Waals surface area contributed by atoms with E-state index in [9.17, 15) is 9.59 Å². The van der Waals surface area contributed by atoms with E-state index < -0.39 is 5.97 Å². The van der Waals surface area contributed by atoms with Gasteiger partial charge in [-0.25, -0.2) is 0 Å². The minimum absolute atomic E-state index is 0.139. The van der Waals surface area contributed by atoms with Gasteiger partial charge in [-0.15, -0.1) is 0 Å². The van der Waals surface area contributed by atoms with Crippen molar-refractivity contribution in [3.8, 4) is 0 Å². The minimum atomic E-state index is -0.789. The van der Waals surface area contributed by atoms with Crippen LogP contribution < -0.4 is 5.32 Å². The topological polar surface area (TPSA) is 66.4 Å². The number of carbonyl (C=O) groups excluding carboxylic acids is 1. The number of Topliss-reactive ketones (excluding diaryl/α,β-unsaturated/α-hetero) is 1. The summed E-state index contributed by atoms with van der Waals surface area (Å²) in [5.74, 6) is -0.640. The van der Waals surface area contributed by atoms with E-state index in [0.717, 1.165) is 6.42 Å². The van der Waals surface area contributed by atoms with Crippen molar-refractivity contribution in [2.24, 2.45) is 0 Å². The van der Waals surface area contributed by atoms with Gasteiger partial charge >= 0.3 is 5.97 Å². The predicted molar refractivity (Wildman–Crippen MR) is 49.6 cm³/mol. The molecule has 0 aliphatic heterocycles. The molecule has 76 valence electrons. The summed E-state index contributed by atoms with van der Waals surface area (Å²) in [6, 6.07) is 0.139. The van der Waals surface area contributed by atoms with Crippen LogP contribution >= 0.6 is 0 Å². The summed E-state index contributed by atoms with van der Waals surface area (Å²) in [4.78, 5) is 20.9. The molecule has 0 saturated heterocycles. The summed E-state index contributed by atoms with van der Waals surface area (Å²) >= 11 is 0. The Morgan fingerprint density at radius 2 is 1.85 bits per heavy atom. The van der Waals surface area contributed by atoms with Crippen LogP contribution in [0.4, 0.5) is 0 Å². The van der Waals surface area contributed by atoms with E-state index in [1.54, 1.807) is 14.0 Å². The second kappa shape index (κ2) is 6.60. The van der Waals surface area contributed by atoms with Gasteiger partial charge in [0.05, 0.1) is 0 Å². The van der Waals surface area contributed by atoms with Gasteiger partial charge < -0.3 is 15.2 Å². The van der Waals surface area contributed by atoms with Gasteiger partial charge in [0.1, 0.15) is 5.78 Å². The smallest absolute Gasteiger partial charge is 0.303 e. The van der Waals surface area contributed by atoms with Crippen LogP contribution in [0.2, 0.25) is 0 Å². The summed E-state index contributed by atoms with van der Waals surface area (Å²) in [5.41, 5.74) is 0. The van der Waals surface area contributed by atoms with E-state index in [1.165, 1.54) is 0 Å². The van der Waals surface area contributed by atoms with Crippen LogP contribution in [0.3, 0.4) is 0 Å². The lowest BCUT2D eigenvalue weighted by molar-refractivity contribution is -0.137. The lowest BCUT2D eigenvalue weighted by Crippen LogP contribution is -2.26. The van der Waals surface area contributed by atoms with Crippen molar-refractivity contribution in [2.45, 2.75) is 38.6 Å². The molecule has 13 heavy (non-hydrogen) atoms. The minimum Gasteiger partial charge on any atom is -0.481 e. The zero-order valence-corrected chi connectivity index (χ0v) is 8.17. The van der Waals surface area contributed by atoms with Gasteiger partial charge in [0, 0.05) is 18.9 Å². The molecule has 0 unspecified atom stereocenters. The second-order valence-electron chi connectivity index (χ2n) is 3.16. The van der Waals surface area contributed by atoms with Gasteiger partial charge in [-0.2, -0.15) is 0 Å². The van der Waals surface area contributed by atoms with Gasteiger partial charge in [0.15, 0.2) is 0 Å². The molecular weight excluding hydrogens is 170 g/mol. The number of hydrogen-bond donors (Lipinski definition) is 2. The van der Waals surface area contributed by atoms with Crippen LogP contribution in [0.25, 0.3) is 0 Å². The number of rotatable bonds is 7. The molecule has 0 heterocycles. The van der Waals surface area contributed by atoms with E-state index in [2.05, 4.69) is 5.32 Å². The van der Waals surface area contributed by atoms with Crippen molar-refractivity contribution in [1.82, 2.24) is 5.32 Å². The first-order chi connectivity index (χ1) is 6.06. The van der Waals surface area contributed by atoms with Crippen LogP contribution in [0, 0.1) is 0 Å². The fourth-order valence-electron chi connectivity index (χ4n) is 1.11. The molecule has 4 heteroatoms. The molecular formula is C9H17NO3. The van der Waals surface area contributed by atoms with Crippen molar-refractivity contribution in [3.63, 3.8) is 0 Å². The molecule has 0 aromatic rings. The third kappa shape index (κ3) is 7.46. The number of hydrogen-bond acceptors (Lipinski definition) is 3. The Hall–Kier alpha value is -0.900. The van der Waals surface area contributed by atoms with Crippen molar-refractivity contribution in [3.05, 3.63) is 0 Å². The Kier molecular flexibility index (Phi) is 6.14. The molecule has 0 aliphatic rings. The van der Waals surface area contributed by atoms with Crippen LogP contribution in [0.5, 0.6) is 0 Å². The Morgan fingerprint density at radius 3 is 2.23 bits per heavy atom. The van der Waals surface area contributed by atoms with Gasteiger partial charge in [-0.05, 0) is 26.8 Å². The van der Waals surface area contributed by atoms with E-state index in [0.29, 0.717) is 12.8 Å². The van der Waals surface area contributed by atoms with E-state index in [1.807, 2.05) is 0 Å². The number of nitrogens with one attached hydrogen (secondary N) is 1. The van der Waals surface area contributed by atoms with Gasteiger partial charge in [0.2, 0.25) is 0 Å². The molecule has 4 nitrogen and oxygen atoms in total. The number of carboxylic acids is 1. The summed E-state index contributed by atoms with van der Waals surface area (Å²) in [6.45, 7) is 1.55. The molecule has 0 spiro atoms. The van der Waals surface area contributed by atoms with Crippen molar-refractivity contribution in [1.29, 1.82) is 0 Å². The first kappa shape index (κ1) is 12.1. The fourth-order valence-corrected chi connectivity index (χ4v) is 1.11. The fraction of sp³-hybridized carbons (Fsp3) is 0.778. The third-order valence-corrected chi connectivity index (χ3v) is 1.96. The Morgan fingerprint density at radius 1 is 1.31 bits per heavy atom. The maximum Gasteiger partial charge on any atom is 0.303 e. The maximum absolute atomic E-state index is 10.7. The second-order valence-corrected chi connectivity index (χ2v) is 3.16. The molecule has 2 N–H and O–H groups in total. The summed E-state index contributed by atoms with van der Waals surface area (Å²) in [6.07, 6.45) is 1.98. The van der Waals surface area contributed by atoms with Crippen molar-refractivity contribution >= 4 is 11.8 Å². The Bertz CT molecular complexity index is 162. The Labute approximate surface area is 78.3 Å². The molecule has 0 bridgehead atoms. The molecule has 0 aromatic carbocycles. The standard InChI is InChI=1S/C9H17NO3/c1-7(11)3-4-8(10-2)5-6-9(12)13/h8,10H,3-6H2,1-2H3,(H,12,13)/t8-/m1/s1. The first-order valence-electron chi connectivity index (χ1n) is 4.44. The normalized spacial score (nSPS) is 12.5. The lowest BCUT2D eigenvalue weighted by atomic mass is 10.0. The van der Waals surface area contributed by atoms with Crippen molar-refractivity contribution in [2.75, 3.05) is 7.05 Å². The molecule has 0 fully saturated rings. The molecule has 0 aromatic heterocycles. The molecule has 0 amide bonds. The van der Waals surface area contributed by atoms with E-state index in [-0.39, 0.29) is 18.2 Å². The highest BCUT2D eigenvalue weighted by molar-refractivity contribution is 5.75. The third-order valence-electron chi connectivity index (χ3n) is 1.96. The summed E-state index contributed by atoms with van der Waals surface area (Å²) < 4.78 is 0. The highest BCUT2D eigenvalue weighted by Crippen LogP contribution is 2.04. The van der Waals surface area contributed by atoms with Crippen LogP contribution in [-0.4, -0.2) is 29.9 Å². The lowest BCUT2D eigenvalue weighted by Gasteiger charge is -2.13. The van der Waals surface area contributed by atoms with Crippen LogP contribution in [0.1, 0.15) is 32.6 Å². The SMILES string of the molecule is CN[C@H](CCC(C)=O)CCC(=O)O. The highest BCUT2D eigenvalue weighted by atomic mass is 16.4. The van der Waals surface area contributed by atoms with Crippen LogP contribution in [-0.2, 0) is 9.59 Å². The van der Waals surface area contributed by atoms with E-state index in [4.69, 9.17) is 5.11 Å². The molecule has 0 rings (SSSR count). The Balaban J connectivity index is 3.63. The molecule has 1 atom stereocenters. The monoisotopic (exact) mass is 187 g/mol. The van der Waals surface area contributed by atoms with E-state index >= 15 is 0 Å². The van der Waals surface area contributed by atoms with Crippen molar-refractivity contribution < 1.29 is 14.7 Å². The van der Waals surface area contributed by atoms with Gasteiger partial charge in [-0.1, -0.05) is 0 Å². The average Bonchev–Trinajstić information content (AvgIpc) is 2.04. The summed E-state index contributed by atoms with van der Waals surface area (Å²) in [7, 11) is 1.78. The number of aliphatic carboxylic acids is 1. The largest absolute Gasteiger partial charge is 0.481 e. The summed E-state index contributed by atoms with van der Waals surface area (Å²) in [5, 5.41) is 11.4. The molecule has 0 radical (unpaired) electrons.